The minimum atomic E-state index is -0.415. The number of ether oxygens (including phenoxy) is 1. The monoisotopic (exact) mass is 279 g/mol. The molecular formula is C14H21N3O3. The Morgan fingerprint density at radius 2 is 2.05 bits per heavy atom. The fourth-order valence-corrected chi connectivity index (χ4v) is 2.38. The fraction of sp³-hybridized carbons (Fsp3) is 0.571. The lowest BCUT2D eigenvalue weighted by Gasteiger charge is -2.29. The molecule has 0 aliphatic carbocycles. The highest BCUT2D eigenvalue weighted by molar-refractivity contribution is 5.45. The molecule has 1 fully saturated rings. The van der Waals surface area contributed by atoms with E-state index in [0.29, 0.717) is 18.4 Å². The molecule has 20 heavy (non-hydrogen) atoms. The molecule has 2 N–H and O–H groups in total. The maximum atomic E-state index is 10.8. The van der Waals surface area contributed by atoms with Crippen LogP contribution in [-0.2, 0) is 0 Å². The van der Waals surface area contributed by atoms with E-state index in [1.807, 2.05) is 0 Å². The molecule has 0 bridgehead atoms. The van der Waals surface area contributed by atoms with Crippen molar-refractivity contribution in [2.24, 2.45) is 5.73 Å². The Hall–Kier alpha value is -1.66. The van der Waals surface area contributed by atoms with Crippen molar-refractivity contribution in [2.75, 3.05) is 26.2 Å². The third-order valence-electron chi connectivity index (χ3n) is 3.57. The van der Waals surface area contributed by atoms with Gasteiger partial charge in [0, 0.05) is 18.7 Å². The van der Waals surface area contributed by atoms with Crippen LogP contribution in [0.15, 0.2) is 24.3 Å². The summed E-state index contributed by atoms with van der Waals surface area (Å²) in [5, 5.41) is 10.8. The van der Waals surface area contributed by atoms with Crippen LogP contribution in [-0.4, -0.2) is 42.1 Å². The molecule has 1 aromatic carbocycles. The molecule has 1 aliphatic rings. The summed E-state index contributed by atoms with van der Waals surface area (Å²) in [5.41, 5.74) is 5.88. The second kappa shape index (κ2) is 7.21. The number of rotatable bonds is 6. The van der Waals surface area contributed by atoms with Gasteiger partial charge in [-0.15, -0.1) is 0 Å². The Bertz CT molecular complexity index is 445. The van der Waals surface area contributed by atoms with E-state index in [-0.39, 0.29) is 5.69 Å². The van der Waals surface area contributed by atoms with Gasteiger partial charge >= 0.3 is 5.69 Å². The van der Waals surface area contributed by atoms with Crippen molar-refractivity contribution >= 4 is 5.69 Å². The Morgan fingerprint density at radius 3 is 2.75 bits per heavy atom. The van der Waals surface area contributed by atoms with Gasteiger partial charge < -0.3 is 15.4 Å². The molecule has 1 aliphatic heterocycles. The number of para-hydroxylation sites is 2. The molecule has 2 rings (SSSR count). The topological polar surface area (TPSA) is 81.6 Å². The number of likely N-dealkylation sites (tertiary alicyclic amines) is 1. The quantitative estimate of drug-likeness (QED) is 0.487. The first-order valence-electron chi connectivity index (χ1n) is 7.01. The summed E-state index contributed by atoms with van der Waals surface area (Å²) in [7, 11) is 0. The summed E-state index contributed by atoms with van der Waals surface area (Å²) < 4.78 is 5.52. The molecule has 0 radical (unpaired) electrons. The van der Waals surface area contributed by atoms with Gasteiger partial charge in [-0.2, -0.15) is 0 Å². The van der Waals surface area contributed by atoms with E-state index in [4.69, 9.17) is 10.5 Å². The standard InChI is InChI=1S/C14H21N3O3/c15-12-6-9-16(10-7-12)8-3-11-20-14-5-2-1-4-13(14)17(18)19/h1-2,4-5,12H,3,6-11,15H2. The normalized spacial score (nSPS) is 17.1. The maximum absolute atomic E-state index is 10.8. The van der Waals surface area contributed by atoms with E-state index in [1.54, 1.807) is 18.2 Å². The van der Waals surface area contributed by atoms with Gasteiger partial charge in [0.1, 0.15) is 0 Å². The van der Waals surface area contributed by atoms with Crippen molar-refractivity contribution < 1.29 is 9.66 Å². The summed E-state index contributed by atoms with van der Waals surface area (Å²) in [6.45, 7) is 3.51. The summed E-state index contributed by atoms with van der Waals surface area (Å²) in [6.07, 6.45) is 2.96. The molecule has 0 unspecified atom stereocenters. The molecule has 6 heteroatoms. The van der Waals surface area contributed by atoms with Gasteiger partial charge in [-0.1, -0.05) is 12.1 Å². The predicted octanol–water partition coefficient (Wildman–Crippen LogP) is 1.79. The summed E-state index contributed by atoms with van der Waals surface area (Å²) in [4.78, 5) is 12.8. The molecule has 0 spiro atoms. The smallest absolute Gasteiger partial charge is 0.310 e. The molecule has 0 saturated carbocycles. The zero-order chi connectivity index (χ0) is 14.4. The second-order valence-electron chi connectivity index (χ2n) is 5.11. The number of piperidine rings is 1. The van der Waals surface area contributed by atoms with Crippen LogP contribution >= 0.6 is 0 Å². The molecule has 1 saturated heterocycles. The third-order valence-corrected chi connectivity index (χ3v) is 3.57. The first-order valence-corrected chi connectivity index (χ1v) is 7.01. The zero-order valence-corrected chi connectivity index (χ0v) is 11.5. The molecular weight excluding hydrogens is 258 g/mol. The van der Waals surface area contributed by atoms with Crippen LogP contribution in [0.1, 0.15) is 19.3 Å². The predicted molar refractivity (Wildman–Crippen MR) is 76.9 cm³/mol. The van der Waals surface area contributed by atoms with Crippen LogP contribution < -0.4 is 10.5 Å². The number of nitrogens with zero attached hydrogens (tertiary/aromatic N) is 2. The lowest BCUT2D eigenvalue weighted by molar-refractivity contribution is -0.385. The number of nitrogens with two attached hydrogens (primary N) is 1. The number of benzene rings is 1. The van der Waals surface area contributed by atoms with Crippen molar-refractivity contribution in [3.63, 3.8) is 0 Å². The highest BCUT2D eigenvalue weighted by atomic mass is 16.6. The van der Waals surface area contributed by atoms with Crippen molar-refractivity contribution in [1.82, 2.24) is 4.90 Å². The van der Waals surface area contributed by atoms with Gasteiger partial charge in [-0.25, -0.2) is 0 Å². The molecule has 110 valence electrons. The summed E-state index contributed by atoms with van der Waals surface area (Å²) >= 11 is 0. The lowest BCUT2D eigenvalue weighted by Crippen LogP contribution is -2.40. The number of hydrogen-bond acceptors (Lipinski definition) is 5. The number of nitro benzene ring substituents is 1. The van der Waals surface area contributed by atoms with Gasteiger partial charge in [-0.3, -0.25) is 10.1 Å². The van der Waals surface area contributed by atoms with E-state index in [1.165, 1.54) is 6.07 Å². The minimum Gasteiger partial charge on any atom is -0.487 e. The average Bonchev–Trinajstić information content (AvgIpc) is 2.46. The number of hydrogen-bond donors (Lipinski definition) is 1. The number of nitro groups is 1. The second-order valence-corrected chi connectivity index (χ2v) is 5.11. The van der Waals surface area contributed by atoms with Crippen LogP contribution in [0.2, 0.25) is 0 Å². The van der Waals surface area contributed by atoms with E-state index in [2.05, 4.69) is 4.90 Å². The van der Waals surface area contributed by atoms with Crippen molar-refractivity contribution in [1.29, 1.82) is 0 Å². The lowest BCUT2D eigenvalue weighted by atomic mass is 10.1. The Balaban J connectivity index is 1.72. The van der Waals surface area contributed by atoms with Gasteiger partial charge in [0.15, 0.2) is 5.75 Å². The van der Waals surface area contributed by atoms with Gasteiger partial charge in [0.25, 0.3) is 0 Å². The van der Waals surface area contributed by atoms with Crippen LogP contribution in [0.25, 0.3) is 0 Å². The molecule has 1 heterocycles. The first-order chi connectivity index (χ1) is 9.66. The van der Waals surface area contributed by atoms with Gasteiger partial charge in [0.2, 0.25) is 0 Å². The molecule has 6 nitrogen and oxygen atoms in total. The van der Waals surface area contributed by atoms with Gasteiger partial charge in [0.05, 0.1) is 11.5 Å². The molecule has 0 amide bonds. The van der Waals surface area contributed by atoms with Crippen molar-refractivity contribution in [2.45, 2.75) is 25.3 Å². The SMILES string of the molecule is NC1CCN(CCCOc2ccccc2[N+](=O)[O-])CC1. The van der Waals surface area contributed by atoms with Crippen LogP contribution in [0, 0.1) is 10.1 Å². The molecule has 1 aromatic rings. The Kier molecular flexibility index (Phi) is 5.31. The van der Waals surface area contributed by atoms with E-state index in [9.17, 15) is 10.1 Å². The fourth-order valence-electron chi connectivity index (χ4n) is 2.38. The highest BCUT2D eigenvalue weighted by Crippen LogP contribution is 2.25. The summed E-state index contributed by atoms with van der Waals surface area (Å²) in [5.74, 6) is 0.346. The highest BCUT2D eigenvalue weighted by Gasteiger charge is 2.16. The average molecular weight is 279 g/mol. The minimum absolute atomic E-state index is 0.0245. The first kappa shape index (κ1) is 14.7. The Morgan fingerprint density at radius 1 is 1.35 bits per heavy atom. The summed E-state index contributed by atoms with van der Waals surface area (Å²) in [6, 6.07) is 6.82. The van der Waals surface area contributed by atoms with Crippen LogP contribution in [0.4, 0.5) is 5.69 Å². The van der Waals surface area contributed by atoms with E-state index >= 15 is 0 Å². The Labute approximate surface area is 118 Å². The third kappa shape index (κ3) is 4.18. The maximum Gasteiger partial charge on any atom is 0.310 e. The molecule has 0 atom stereocenters. The van der Waals surface area contributed by atoms with E-state index < -0.39 is 4.92 Å². The van der Waals surface area contributed by atoms with E-state index in [0.717, 1.165) is 38.9 Å². The molecule has 0 aromatic heterocycles. The van der Waals surface area contributed by atoms with Crippen molar-refractivity contribution in [3.8, 4) is 5.75 Å². The van der Waals surface area contributed by atoms with Gasteiger partial charge in [-0.05, 0) is 38.4 Å². The van der Waals surface area contributed by atoms with Crippen molar-refractivity contribution in [3.05, 3.63) is 34.4 Å². The van der Waals surface area contributed by atoms with Crippen LogP contribution in [0.5, 0.6) is 5.75 Å². The zero-order valence-electron chi connectivity index (χ0n) is 11.5. The van der Waals surface area contributed by atoms with Crippen LogP contribution in [0.3, 0.4) is 0 Å². The largest absolute Gasteiger partial charge is 0.487 e.